The number of hydrogen-bond acceptors (Lipinski definition) is 0. The summed E-state index contributed by atoms with van der Waals surface area (Å²) in [6, 6.07) is 13.3. The van der Waals surface area contributed by atoms with Crippen LogP contribution in [0.15, 0.2) is 36.4 Å². The van der Waals surface area contributed by atoms with E-state index in [0.29, 0.717) is 0 Å². The standard InChI is InChI=1S/C15H14/c1-10-7-11(2)14-9-12-5-3-4-6-13(12)15(14)8-10/h3-8H,9H2,1-2H3. The van der Waals surface area contributed by atoms with Crippen LogP contribution in [0.1, 0.15) is 22.3 Å². The number of aryl methyl sites for hydroxylation is 2. The van der Waals surface area contributed by atoms with Crippen LogP contribution in [0.4, 0.5) is 0 Å². The Hall–Kier alpha value is -1.56. The third-order valence-electron chi connectivity index (χ3n) is 3.29. The zero-order chi connectivity index (χ0) is 10.4. The molecule has 74 valence electrons. The maximum atomic E-state index is 2.31. The molecule has 1 aliphatic carbocycles. The summed E-state index contributed by atoms with van der Waals surface area (Å²) in [5.41, 5.74) is 8.66. The topological polar surface area (TPSA) is 0 Å². The molecule has 0 amide bonds. The molecule has 2 aromatic carbocycles. The molecule has 15 heavy (non-hydrogen) atoms. The lowest BCUT2D eigenvalue weighted by Gasteiger charge is -2.05. The largest absolute Gasteiger partial charge is 0.0619 e. The number of fused-ring (bicyclic) bond motifs is 3. The summed E-state index contributed by atoms with van der Waals surface area (Å²) in [6.07, 6.45) is 1.11. The highest BCUT2D eigenvalue weighted by molar-refractivity contribution is 5.78. The summed E-state index contributed by atoms with van der Waals surface area (Å²) in [6.45, 7) is 4.39. The molecule has 0 atom stereocenters. The quantitative estimate of drug-likeness (QED) is 0.509. The second-order valence-electron chi connectivity index (χ2n) is 4.44. The van der Waals surface area contributed by atoms with Crippen molar-refractivity contribution in [2.45, 2.75) is 20.3 Å². The highest BCUT2D eigenvalue weighted by Gasteiger charge is 2.19. The van der Waals surface area contributed by atoms with Gasteiger partial charge in [-0.05, 0) is 48.1 Å². The first-order valence-electron chi connectivity index (χ1n) is 5.44. The first-order valence-corrected chi connectivity index (χ1v) is 5.44. The van der Waals surface area contributed by atoms with Crippen molar-refractivity contribution in [2.75, 3.05) is 0 Å². The molecule has 3 rings (SSSR count). The summed E-state index contributed by atoms with van der Waals surface area (Å²) in [5.74, 6) is 0. The maximum Gasteiger partial charge on any atom is -0.00108 e. The van der Waals surface area contributed by atoms with Crippen molar-refractivity contribution in [3.8, 4) is 11.1 Å². The van der Waals surface area contributed by atoms with Crippen LogP contribution < -0.4 is 0 Å². The summed E-state index contributed by atoms with van der Waals surface area (Å²) in [4.78, 5) is 0. The fraction of sp³-hybridized carbons (Fsp3) is 0.200. The van der Waals surface area contributed by atoms with Gasteiger partial charge in [0.25, 0.3) is 0 Å². The summed E-state index contributed by atoms with van der Waals surface area (Å²) in [5, 5.41) is 0. The Morgan fingerprint density at radius 2 is 1.73 bits per heavy atom. The van der Waals surface area contributed by atoms with Gasteiger partial charge in [-0.3, -0.25) is 0 Å². The van der Waals surface area contributed by atoms with Crippen LogP contribution in [0.5, 0.6) is 0 Å². The van der Waals surface area contributed by atoms with Crippen LogP contribution in [0, 0.1) is 13.8 Å². The van der Waals surface area contributed by atoms with Crippen molar-refractivity contribution in [3.05, 3.63) is 58.7 Å². The molecule has 0 heterocycles. The molecule has 0 N–H and O–H groups in total. The van der Waals surface area contributed by atoms with E-state index in [9.17, 15) is 0 Å². The molecule has 0 radical (unpaired) electrons. The molecule has 0 unspecified atom stereocenters. The Morgan fingerprint density at radius 1 is 0.933 bits per heavy atom. The first kappa shape index (κ1) is 8.72. The predicted molar refractivity (Wildman–Crippen MR) is 64.2 cm³/mol. The van der Waals surface area contributed by atoms with Gasteiger partial charge in [0.2, 0.25) is 0 Å². The second kappa shape index (κ2) is 2.96. The third kappa shape index (κ3) is 1.21. The highest BCUT2D eigenvalue weighted by Crippen LogP contribution is 2.38. The highest BCUT2D eigenvalue weighted by atomic mass is 14.2. The van der Waals surface area contributed by atoms with E-state index < -0.39 is 0 Å². The Bertz CT molecular complexity index is 536. The van der Waals surface area contributed by atoms with E-state index in [4.69, 9.17) is 0 Å². The predicted octanol–water partition coefficient (Wildman–Crippen LogP) is 3.87. The van der Waals surface area contributed by atoms with E-state index in [2.05, 4.69) is 50.2 Å². The van der Waals surface area contributed by atoms with E-state index >= 15 is 0 Å². The van der Waals surface area contributed by atoms with E-state index in [0.717, 1.165) is 6.42 Å². The van der Waals surface area contributed by atoms with Crippen molar-refractivity contribution >= 4 is 0 Å². The zero-order valence-corrected chi connectivity index (χ0v) is 9.17. The Morgan fingerprint density at radius 3 is 2.60 bits per heavy atom. The summed E-state index contributed by atoms with van der Waals surface area (Å²) >= 11 is 0. The summed E-state index contributed by atoms with van der Waals surface area (Å²) < 4.78 is 0. The maximum absolute atomic E-state index is 2.31. The number of benzene rings is 2. The lowest BCUT2D eigenvalue weighted by Crippen LogP contribution is -1.87. The molecule has 0 aliphatic heterocycles. The van der Waals surface area contributed by atoms with Gasteiger partial charge < -0.3 is 0 Å². The number of rotatable bonds is 0. The Balaban J connectivity index is 2.33. The van der Waals surface area contributed by atoms with Gasteiger partial charge in [-0.15, -0.1) is 0 Å². The van der Waals surface area contributed by atoms with Gasteiger partial charge >= 0.3 is 0 Å². The number of hydrogen-bond donors (Lipinski definition) is 0. The van der Waals surface area contributed by atoms with Gasteiger partial charge in [0.1, 0.15) is 0 Å². The molecular formula is C15H14. The van der Waals surface area contributed by atoms with E-state index in [1.54, 1.807) is 0 Å². The van der Waals surface area contributed by atoms with Crippen molar-refractivity contribution in [1.29, 1.82) is 0 Å². The van der Waals surface area contributed by atoms with Crippen LogP contribution in [0.25, 0.3) is 11.1 Å². The van der Waals surface area contributed by atoms with E-state index in [-0.39, 0.29) is 0 Å². The lowest BCUT2D eigenvalue weighted by atomic mass is 9.99. The molecule has 0 aromatic heterocycles. The zero-order valence-electron chi connectivity index (χ0n) is 9.17. The van der Waals surface area contributed by atoms with Crippen LogP contribution >= 0.6 is 0 Å². The van der Waals surface area contributed by atoms with Gasteiger partial charge in [-0.2, -0.15) is 0 Å². The molecule has 0 saturated heterocycles. The minimum absolute atomic E-state index is 1.11. The van der Waals surface area contributed by atoms with Crippen LogP contribution in [0.3, 0.4) is 0 Å². The molecular weight excluding hydrogens is 180 g/mol. The van der Waals surface area contributed by atoms with Crippen molar-refractivity contribution in [1.82, 2.24) is 0 Å². The third-order valence-corrected chi connectivity index (χ3v) is 3.29. The van der Waals surface area contributed by atoms with Gasteiger partial charge in [0, 0.05) is 0 Å². The summed E-state index contributed by atoms with van der Waals surface area (Å²) in [7, 11) is 0. The molecule has 1 aliphatic rings. The van der Waals surface area contributed by atoms with Gasteiger partial charge in [-0.25, -0.2) is 0 Å². The fourth-order valence-corrected chi connectivity index (χ4v) is 2.60. The average Bonchev–Trinajstić information content (AvgIpc) is 2.57. The Kier molecular flexibility index (Phi) is 1.72. The average molecular weight is 194 g/mol. The van der Waals surface area contributed by atoms with Gasteiger partial charge in [-0.1, -0.05) is 42.0 Å². The fourth-order valence-electron chi connectivity index (χ4n) is 2.60. The monoisotopic (exact) mass is 194 g/mol. The molecule has 0 saturated carbocycles. The molecule has 0 fully saturated rings. The van der Waals surface area contributed by atoms with E-state index in [1.807, 2.05) is 0 Å². The van der Waals surface area contributed by atoms with Crippen molar-refractivity contribution in [3.63, 3.8) is 0 Å². The molecule has 0 nitrogen and oxygen atoms in total. The first-order chi connectivity index (χ1) is 7.25. The molecule has 0 heteroatoms. The normalized spacial score (nSPS) is 12.4. The van der Waals surface area contributed by atoms with Gasteiger partial charge in [0.15, 0.2) is 0 Å². The van der Waals surface area contributed by atoms with Crippen molar-refractivity contribution < 1.29 is 0 Å². The van der Waals surface area contributed by atoms with Crippen LogP contribution in [0.2, 0.25) is 0 Å². The smallest absolute Gasteiger partial charge is 0.00108 e. The molecule has 2 aromatic rings. The lowest BCUT2D eigenvalue weighted by molar-refractivity contribution is 1.21. The molecule has 0 bridgehead atoms. The van der Waals surface area contributed by atoms with Crippen LogP contribution in [-0.4, -0.2) is 0 Å². The minimum atomic E-state index is 1.11. The van der Waals surface area contributed by atoms with Gasteiger partial charge in [0.05, 0.1) is 0 Å². The van der Waals surface area contributed by atoms with Crippen molar-refractivity contribution in [2.24, 2.45) is 0 Å². The van der Waals surface area contributed by atoms with Crippen LogP contribution in [-0.2, 0) is 6.42 Å². The minimum Gasteiger partial charge on any atom is -0.0619 e. The second-order valence-corrected chi connectivity index (χ2v) is 4.44. The van der Waals surface area contributed by atoms with E-state index in [1.165, 1.54) is 33.4 Å². The SMILES string of the molecule is Cc1cc(C)c2c(c1)-c1ccccc1C2. The molecule has 0 spiro atoms. The Labute approximate surface area is 90.6 Å².